The summed E-state index contributed by atoms with van der Waals surface area (Å²) in [6.07, 6.45) is 2.02. The number of hydrogen-bond donors (Lipinski definition) is 5. The van der Waals surface area contributed by atoms with Gasteiger partial charge in [0.05, 0.1) is 65.9 Å². The van der Waals surface area contributed by atoms with Crippen LogP contribution in [0.2, 0.25) is 0 Å². The number of amides is 4. The molecule has 64 heavy (non-hydrogen) atoms. The maximum Gasteiger partial charge on any atom is 0.490 e. The van der Waals surface area contributed by atoms with Gasteiger partial charge in [-0.1, -0.05) is 51.1 Å². The summed E-state index contributed by atoms with van der Waals surface area (Å²) >= 11 is 0. The number of carbonyl (C=O) groups is 5. The Morgan fingerprint density at radius 3 is 1.88 bits per heavy atom. The maximum atomic E-state index is 13.6. The third-order valence-corrected chi connectivity index (χ3v) is 11.3. The Morgan fingerprint density at radius 2 is 1.36 bits per heavy atom. The third-order valence-electron chi connectivity index (χ3n) is 11.3. The van der Waals surface area contributed by atoms with E-state index in [0.717, 1.165) is 75.4 Å². The van der Waals surface area contributed by atoms with Crippen molar-refractivity contribution in [3.63, 3.8) is 0 Å². The molecule has 7 rings (SSSR count). The fraction of sp³-hybridized carbons (Fsp3) is 0.419. The first-order chi connectivity index (χ1) is 30.4. The van der Waals surface area contributed by atoms with E-state index in [0.29, 0.717) is 31.2 Å². The summed E-state index contributed by atoms with van der Waals surface area (Å²) in [4.78, 5) is 89.8. The van der Waals surface area contributed by atoms with Crippen LogP contribution in [0, 0.1) is 5.92 Å². The summed E-state index contributed by atoms with van der Waals surface area (Å²) in [5.41, 5.74) is 6.49. The van der Waals surface area contributed by atoms with Crippen LogP contribution in [0.4, 0.5) is 22.8 Å². The molecule has 0 saturated carbocycles. The number of alkyl halides is 3. The highest BCUT2D eigenvalue weighted by atomic mass is 19.4. The summed E-state index contributed by atoms with van der Waals surface area (Å²) in [5, 5.41) is 19.3. The molecule has 5 heterocycles. The average molecular weight is 891 g/mol. The van der Waals surface area contributed by atoms with E-state index in [2.05, 4.69) is 25.3 Å². The van der Waals surface area contributed by atoms with Crippen molar-refractivity contribution in [1.82, 2.24) is 49.9 Å². The number of H-pyrrole nitrogens is 2. The van der Waals surface area contributed by atoms with Crippen LogP contribution in [0.25, 0.3) is 44.8 Å². The minimum Gasteiger partial charge on any atom is -0.475 e. The highest BCUT2D eigenvalue weighted by molar-refractivity contribution is 5.87. The second-order valence-corrected chi connectivity index (χ2v) is 15.8. The van der Waals surface area contributed by atoms with Gasteiger partial charge in [-0.25, -0.2) is 29.3 Å². The molecule has 0 spiro atoms. The largest absolute Gasteiger partial charge is 0.490 e. The minimum atomic E-state index is -5.08. The highest BCUT2D eigenvalue weighted by Crippen LogP contribution is 2.35. The molecule has 4 atom stereocenters. The highest BCUT2D eigenvalue weighted by Gasteiger charge is 2.40. The number of carboxylic acid groups (broad SMARTS) is 2. The van der Waals surface area contributed by atoms with E-state index in [1.165, 1.54) is 14.2 Å². The number of aliphatic carboxylic acids is 1. The monoisotopic (exact) mass is 890 g/mol. The molecule has 0 bridgehead atoms. The normalized spacial score (nSPS) is 17.1. The molecule has 0 unspecified atom stereocenters. The van der Waals surface area contributed by atoms with Crippen molar-refractivity contribution < 1.29 is 52.1 Å². The number of carboxylic acids is 1. The fourth-order valence-corrected chi connectivity index (χ4v) is 8.00. The molecule has 0 radical (unpaired) electrons. The van der Waals surface area contributed by atoms with Crippen LogP contribution in [-0.2, 0) is 19.1 Å². The van der Waals surface area contributed by atoms with Crippen LogP contribution >= 0.6 is 0 Å². The molecule has 2 fully saturated rings. The smallest absolute Gasteiger partial charge is 0.475 e. The number of benzene rings is 2. The Bertz CT molecular complexity index is 2490. The Morgan fingerprint density at radius 1 is 0.828 bits per heavy atom. The van der Waals surface area contributed by atoms with E-state index in [1.54, 1.807) is 28.4 Å². The van der Waals surface area contributed by atoms with Crippen LogP contribution in [0.3, 0.4) is 0 Å². The van der Waals surface area contributed by atoms with Gasteiger partial charge in [0.2, 0.25) is 11.8 Å². The fourth-order valence-electron chi connectivity index (χ4n) is 8.00. The average Bonchev–Trinajstić information content (AvgIpc) is 4.12. The van der Waals surface area contributed by atoms with Gasteiger partial charge in [-0.15, -0.1) is 0 Å². The lowest BCUT2D eigenvalue weighted by Crippen LogP contribution is -2.51. The van der Waals surface area contributed by atoms with E-state index in [1.807, 2.05) is 63.2 Å². The van der Waals surface area contributed by atoms with Crippen LogP contribution in [0.5, 0.6) is 0 Å². The number of halogens is 3. The second-order valence-electron chi connectivity index (χ2n) is 15.8. The van der Waals surface area contributed by atoms with Crippen LogP contribution < -0.4 is 5.32 Å². The lowest BCUT2D eigenvalue weighted by molar-refractivity contribution is -0.192. The number of methoxy groups -OCH3 is 1. The molecule has 21 heteroatoms. The molecule has 340 valence electrons. The van der Waals surface area contributed by atoms with Gasteiger partial charge in [0.25, 0.3) is 0 Å². The SMILES string of the molecule is CC[C@H](NC(=O)OC)C(=O)N1CCC[C@H]1c1ncc(-c2ccc3nc(-c4ccc(-c5cnc([C@@H]6CCCN6C(=O)[C@H](C(C)C)N(C)C(=O)O)[nH]5)cc4)cnc3c2)[nH]1.O=C(O)C(F)(F)F. The molecule has 2 aromatic carbocycles. The van der Waals surface area contributed by atoms with Gasteiger partial charge < -0.3 is 40.0 Å². The van der Waals surface area contributed by atoms with Gasteiger partial charge in [0, 0.05) is 31.3 Å². The zero-order valence-corrected chi connectivity index (χ0v) is 35.7. The number of likely N-dealkylation sites (N-methyl/N-ethyl adjacent to an activating group) is 1. The standard InChI is InChI=1S/C41H48N10O6.C2HF3O2/c1-6-27(48-40(54)57-5)38(52)50-17-7-9-33(50)36-44-22-32(47-36)26-15-16-28-29(19-26)42-20-30(45-28)24-11-13-25(14-12-24)31-21-43-37(46-31)34-10-8-18-51(34)39(53)35(23(2)3)49(4)41(55)56;3-2(4,5)1(6)7/h11-16,19-23,27,33-35H,6-10,17-18H2,1-5H3,(H,43,46)(H,44,47)(H,48,54)(H,55,56);(H,6,7)/t27-,33-,34-,35-;/m0./s1. The van der Waals surface area contributed by atoms with Gasteiger partial charge in [0.15, 0.2) is 0 Å². The van der Waals surface area contributed by atoms with E-state index < -0.39 is 36.4 Å². The third kappa shape index (κ3) is 10.2. The molecular weight excluding hydrogens is 842 g/mol. The number of aromatic nitrogens is 6. The Balaban J connectivity index is 0.000000898. The molecule has 18 nitrogen and oxygen atoms in total. The Labute approximate surface area is 365 Å². The number of likely N-dealkylation sites (tertiary alicyclic amines) is 2. The van der Waals surface area contributed by atoms with Crippen LogP contribution in [0.1, 0.15) is 76.6 Å². The first kappa shape index (κ1) is 46.4. The quantitative estimate of drug-likeness (QED) is 0.0920. The van der Waals surface area contributed by atoms with E-state index in [4.69, 9.17) is 24.6 Å². The van der Waals surface area contributed by atoms with E-state index in [-0.39, 0.29) is 29.8 Å². The van der Waals surface area contributed by atoms with Gasteiger partial charge in [-0.05, 0) is 55.7 Å². The topological polar surface area (TPSA) is 240 Å². The van der Waals surface area contributed by atoms with Gasteiger partial charge in [0.1, 0.15) is 23.7 Å². The zero-order valence-electron chi connectivity index (χ0n) is 35.7. The first-order valence-corrected chi connectivity index (χ1v) is 20.6. The summed E-state index contributed by atoms with van der Waals surface area (Å²) in [6.45, 7) is 6.69. The predicted molar refractivity (Wildman–Crippen MR) is 225 cm³/mol. The molecular formula is C43H49F3N10O8. The maximum absolute atomic E-state index is 13.6. The summed E-state index contributed by atoms with van der Waals surface area (Å²) in [7, 11) is 2.72. The van der Waals surface area contributed by atoms with Crippen molar-refractivity contribution in [1.29, 1.82) is 0 Å². The number of hydrogen-bond acceptors (Lipinski definition) is 10. The van der Waals surface area contributed by atoms with Crippen LogP contribution in [-0.4, -0.2) is 130 Å². The van der Waals surface area contributed by atoms with Crippen molar-refractivity contribution in [2.45, 2.75) is 83.2 Å². The summed E-state index contributed by atoms with van der Waals surface area (Å²) in [5.74, 6) is -1.93. The second kappa shape index (κ2) is 19.5. The lowest BCUT2D eigenvalue weighted by Gasteiger charge is -2.33. The molecule has 2 saturated heterocycles. The number of fused-ring (bicyclic) bond motifs is 1. The zero-order chi connectivity index (χ0) is 46.5. The molecule has 5 aromatic rings. The van der Waals surface area contributed by atoms with Gasteiger partial charge in [-0.2, -0.15) is 13.2 Å². The number of nitrogens with one attached hydrogen (secondary N) is 3. The molecule has 2 aliphatic heterocycles. The molecule has 2 aliphatic rings. The van der Waals surface area contributed by atoms with Crippen molar-refractivity contribution in [3.05, 3.63) is 72.7 Å². The van der Waals surface area contributed by atoms with Crippen molar-refractivity contribution in [2.24, 2.45) is 5.92 Å². The minimum absolute atomic E-state index is 0.157. The number of imidazole rings is 2. The number of carbonyl (C=O) groups excluding carboxylic acids is 3. The summed E-state index contributed by atoms with van der Waals surface area (Å²) < 4.78 is 36.4. The van der Waals surface area contributed by atoms with Crippen molar-refractivity contribution >= 4 is 41.0 Å². The van der Waals surface area contributed by atoms with Gasteiger partial charge >= 0.3 is 24.3 Å². The van der Waals surface area contributed by atoms with Crippen LogP contribution in [0.15, 0.2) is 61.1 Å². The Hall–Kier alpha value is -7.06. The number of rotatable bonds is 11. The van der Waals surface area contributed by atoms with Crippen molar-refractivity contribution in [2.75, 3.05) is 27.2 Å². The number of nitrogens with zero attached hydrogens (tertiary/aromatic N) is 7. The van der Waals surface area contributed by atoms with Crippen molar-refractivity contribution in [3.8, 4) is 33.8 Å². The number of aromatic amines is 2. The molecule has 0 aliphatic carbocycles. The molecule has 5 N–H and O–H groups in total. The van der Waals surface area contributed by atoms with E-state index in [9.17, 15) is 37.5 Å². The number of ether oxygens (including phenoxy) is 1. The molecule has 4 amide bonds. The van der Waals surface area contributed by atoms with Gasteiger partial charge in [-0.3, -0.25) is 19.5 Å². The lowest BCUT2D eigenvalue weighted by atomic mass is 10.0. The van der Waals surface area contributed by atoms with E-state index >= 15 is 0 Å². The summed E-state index contributed by atoms with van der Waals surface area (Å²) in [6, 6.07) is 11.9. The molecule has 3 aromatic heterocycles. The number of alkyl carbamates (subject to hydrolysis) is 1. The Kier molecular flexibility index (Phi) is 14.2. The predicted octanol–water partition coefficient (Wildman–Crippen LogP) is 6.81. The first-order valence-electron chi connectivity index (χ1n) is 20.6.